The van der Waals surface area contributed by atoms with Crippen molar-refractivity contribution in [2.45, 2.75) is 26.3 Å². The molecule has 0 aliphatic rings. The fraction of sp³-hybridized carbons (Fsp3) is 0.467. The molecule has 1 rings (SSSR count). The Balaban J connectivity index is 0.00000400. The van der Waals surface area contributed by atoms with Gasteiger partial charge in [0.05, 0.1) is 0 Å². The van der Waals surface area contributed by atoms with Crippen molar-refractivity contribution in [3.05, 3.63) is 35.4 Å². The molecule has 0 fully saturated rings. The lowest BCUT2D eigenvalue weighted by molar-refractivity contribution is 0.0788. The minimum absolute atomic E-state index is 0. The van der Waals surface area contributed by atoms with Crippen LogP contribution in [0.3, 0.4) is 0 Å². The number of rotatable bonds is 6. The van der Waals surface area contributed by atoms with Crippen LogP contribution in [-0.4, -0.2) is 36.3 Å². The Morgan fingerprint density at radius 1 is 1.14 bits per heavy atom. The van der Waals surface area contributed by atoms with E-state index in [1.54, 1.807) is 36.2 Å². The van der Waals surface area contributed by atoms with Gasteiger partial charge >= 0.3 is 0 Å². The molecule has 6 heteroatoms. The van der Waals surface area contributed by atoms with Gasteiger partial charge < -0.3 is 16.4 Å². The van der Waals surface area contributed by atoms with E-state index in [0.717, 1.165) is 6.42 Å². The smallest absolute Gasteiger partial charge is 0.253 e. The molecule has 0 spiro atoms. The summed E-state index contributed by atoms with van der Waals surface area (Å²) < 4.78 is 0. The van der Waals surface area contributed by atoms with Crippen LogP contribution in [0.4, 0.5) is 0 Å². The number of carbonyl (C=O) groups excluding carboxylic acids is 2. The molecule has 0 bridgehead atoms. The lowest BCUT2D eigenvalue weighted by atomic mass is 10.0. The van der Waals surface area contributed by atoms with Crippen LogP contribution in [0.5, 0.6) is 0 Å². The van der Waals surface area contributed by atoms with E-state index in [9.17, 15) is 9.59 Å². The van der Waals surface area contributed by atoms with Crippen LogP contribution >= 0.6 is 12.4 Å². The van der Waals surface area contributed by atoms with E-state index < -0.39 is 5.91 Å². The first kappa shape index (κ1) is 19.4. The molecule has 1 aromatic rings. The first-order chi connectivity index (χ1) is 9.32. The molecule has 0 radical (unpaired) electrons. The fourth-order valence-electron chi connectivity index (χ4n) is 1.78. The highest BCUT2D eigenvalue weighted by Crippen LogP contribution is 2.09. The molecule has 1 aromatic carbocycles. The average Bonchev–Trinajstić information content (AvgIpc) is 2.43. The van der Waals surface area contributed by atoms with Crippen LogP contribution < -0.4 is 11.5 Å². The van der Waals surface area contributed by atoms with Gasteiger partial charge in [-0.1, -0.05) is 13.8 Å². The van der Waals surface area contributed by atoms with Gasteiger partial charge in [-0.15, -0.1) is 12.4 Å². The number of hydrogen-bond donors (Lipinski definition) is 2. The first-order valence-electron chi connectivity index (χ1n) is 6.73. The predicted molar refractivity (Wildman–Crippen MR) is 86.6 cm³/mol. The standard InChI is InChI=1S/C15H23N3O2.ClH/c1-10(2)13(16)8-9-18(3)15(20)12-6-4-11(5-7-12)14(17)19;/h4-7,10,13H,8-9,16H2,1-3H3,(H2,17,19);1H. The van der Waals surface area contributed by atoms with Gasteiger partial charge in [0.2, 0.25) is 5.91 Å². The quantitative estimate of drug-likeness (QED) is 0.837. The normalized spacial score (nSPS) is 11.7. The van der Waals surface area contributed by atoms with Crippen molar-refractivity contribution in [2.24, 2.45) is 17.4 Å². The zero-order valence-corrected chi connectivity index (χ0v) is 13.5. The largest absolute Gasteiger partial charge is 0.366 e. The van der Waals surface area contributed by atoms with Gasteiger partial charge in [0.25, 0.3) is 5.91 Å². The Morgan fingerprint density at radius 3 is 2.05 bits per heavy atom. The summed E-state index contributed by atoms with van der Waals surface area (Å²) in [5.74, 6) is -0.189. The SMILES string of the molecule is CC(C)C(N)CCN(C)C(=O)c1ccc(C(N)=O)cc1.Cl. The Labute approximate surface area is 132 Å². The summed E-state index contributed by atoms with van der Waals surface area (Å²) in [7, 11) is 1.75. The Bertz CT molecular complexity index is 474. The van der Waals surface area contributed by atoms with Gasteiger partial charge in [0, 0.05) is 30.8 Å². The van der Waals surface area contributed by atoms with E-state index in [4.69, 9.17) is 11.5 Å². The molecule has 21 heavy (non-hydrogen) atoms. The summed E-state index contributed by atoms with van der Waals surface area (Å²) in [4.78, 5) is 24.8. The zero-order valence-electron chi connectivity index (χ0n) is 12.7. The maximum atomic E-state index is 12.2. The molecule has 1 atom stereocenters. The summed E-state index contributed by atoms with van der Waals surface area (Å²) in [6.07, 6.45) is 0.763. The van der Waals surface area contributed by atoms with Crippen LogP contribution in [0.15, 0.2) is 24.3 Å². The monoisotopic (exact) mass is 313 g/mol. The Morgan fingerprint density at radius 2 is 1.62 bits per heavy atom. The molecular weight excluding hydrogens is 290 g/mol. The van der Waals surface area contributed by atoms with Crippen molar-refractivity contribution in [3.8, 4) is 0 Å². The molecular formula is C15H24ClN3O2. The summed E-state index contributed by atoms with van der Waals surface area (Å²) in [6, 6.07) is 6.43. The van der Waals surface area contributed by atoms with Crippen LogP contribution in [0.2, 0.25) is 0 Å². The van der Waals surface area contributed by atoms with E-state index in [1.165, 1.54) is 0 Å². The number of halogens is 1. The van der Waals surface area contributed by atoms with Gasteiger partial charge in [-0.05, 0) is 36.6 Å². The van der Waals surface area contributed by atoms with Gasteiger partial charge in [-0.3, -0.25) is 9.59 Å². The third kappa shape index (κ3) is 5.73. The van der Waals surface area contributed by atoms with E-state index in [-0.39, 0.29) is 24.4 Å². The number of amides is 2. The molecule has 2 amide bonds. The van der Waals surface area contributed by atoms with Crippen LogP contribution in [0, 0.1) is 5.92 Å². The highest BCUT2D eigenvalue weighted by molar-refractivity contribution is 5.97. The molecule has 1 unspecified atom stereocenters. The highest BCUT2D eigenvalue weighted by Gasteiger charge is 2.14. The van der Waals surface area contributed by atoms with Gasteiger partial charge in [0.15, 0.2) is 0 Å². The van der Waals surface area contributed by atoms with Crippen LogP contribution in [0.1, 0.15) is 41.0 Å². The molecule has 0 aliphatic carbocycles. The molecule has 0 saturated carbocycles. The first-order valence-corrected chi connectivity index (χ1v) is 6.73. The molecule has 0 aliphatic heterocycles. The van der Waals surface area contributed by atoms with Gasteiger partial charge in [-0.2, -0.15) is 0 Å². The van der Waals surface area contributed by atoms with E-state index in [1.807, 2.05) is 0 Å². The maximum Gasteiger partial charge on any atom is 0.253 e. The van der Waals surface area contributed by atoms with Crippen molar-refractivity contribution in [1.82, 2.24) is 4.90 Å². The number of nitrogens with two attached hydrogens (primary N) is 2. The highest BCUT2D eigenvalue weighted by atomic mass is 35.5. The predicted octanol–water partition coefficient (Wildman–Crippen LogP) is 1.65. The summed E-state index contributed by atoms with van der Waals surface area (Å²) >= 11 is 0. The summed E-state index contributed by atoms with van der Waals surface area (Å²) in [6.45, 7) is 4.74. The minimum atomic E-state index is -0.500. The van der Waals surface area contributed by atoms with Crippen molar-refractivity contribution in [2.75, 3.05) is 13.6 Å². The third-order valence-corrected chi connectivity index (χ3v) is 3.42. The maximum absolute atomic E-state index is 12.2. The van der Waals surface area contributed by atoms with Crippen LogP contribution in [-0.2, 0) is 0 Å². The molecule has 0 aromatic heterocycles. The average molecular weight is 314 g/mol. The molecule has 0 heterocycles. The Kier molecular flexibility index (Phi) is 7.99. The number of benzene rings is 1. The second-order valence-electron chi connectivity index (χ2n) is 5.36. The van der Waals surface area contributed by atoms with Gasteiger partial charge in [0.1, 0.15) is 0 Å². The number of nitrogens with zero attached hydrogens (tertiary/aromatic N) is 1. The third-order valence-electron chi connectivity index (χ3n) is 3.42. The second-order valence-corrected chi connectivity index (χ2v) is 5.36. The van der Waals surface area contributed by atoms with E-state index in [0.29, 0.717) is 23.6 Å². The topological polar surface area (TPSA) is 89.4 Å². The van der Waals surface area contributed by atoms with E-state index >= 15 is 0 Å². The summed E-state index contributed by atoms with van der Waals surface area (Å²) in [5, 5.41) is 0. The number of carbonyl (C=O) groups is 2. The van der Waals surface area contributed by atoms with Crippen molar-refractivity contribution in [1.29, 1.82) is 0 Å². The lowest BCUT2D eigenvalue weighted by Crippen LogP contribution is -2.34. The molecule has 5 nitrogen and oxygen atoms in total. The fourth-order valence-corrected chi connectivity index (χ4v) is 1.78. The summed E-state index contributed by atoms with van der Waals surface area (Å²) in [5.41, 5.74) is 12.1. The second kappa shape index (κ2) is 8.64. The number of primary amides is 1. The zero-order chi connectivity index (χ0) is 15.3. The number of hydrogen-bond acceptors (Lipinski definition) is 3. The molecule has 118 valence electrons. The molecule has 4 N–H and O–H groups in total. The molecule has 0 saturated heterocycles. The van der Waals surface area contributed by atoms with Crippen LogP contribution in [0.25, 0.3) is 0 Å². The Hall–Kier alpha value is -1.59. The van der Waals surface area contributed by atoms with E-state index in [2.05, 4.69) is 13.8 Å². The lowest BCUT2D eigenvalue weighted by Gasteiger charge is -2.21. The van der Waals surface area contributed by atoms with Crippen molar-refractivity contribution < 1.29 is 9.59 Å². The van der Waals surface area contributed by atoms with Gasteiger partial charge in [-0.25, -0.2) is 0 Å². The van der Waals surface area contributed by atoms with Crippen molar-refractivity contribution >= 4 is 24.2 Å². The van der Waals surface area contributed by atoms with Crippen molar-refractivity contribution in [3.63, 3.8) is 0 Å². The minimum Gasteiger partial charge on any atom is -0.366 e.